The first-order chi connectivity index (χ1) is 13.2. The molecular formula is C19H22N6OS. The highest BCUT2D eigenvalue weighted by atomic mass is 32.1. The number of fused-ring (bicyclic) bond motifs is 3. The van der Waals surface area contributed by atoms with E-state index in [1.165, 1.54) is 11.3 Å². The molecule has 0 atom stereocenters. The van der Waals surface area contributed by atoms with E-state index in [1.807, 2.05) is 11.4 Å². The number of ether oxygens (including phenoxy) is 1. The van der Waals surface area contributed by atoms with E-state index in [4.69, 9.17) is 14.7 Å². The van der Waals surface area contributed by atoms with Crippen LogP contribution in [0.15, 0.2) is 23.8 Å². The summed E-state index contributed by atoms with van der Waals surface area (Å²) in [5, 5.41) is 7.78. The fourth-order valence-electron chi connectivity index (χ4n) is 3.78. The van der Waals surface area contributed by atoms with Crippen molar-refractivity contribution in [3.8, 4) is 10.7 Å². The van der Waals surface area contributed by atoms with Crippen LogP contribution >= 0.6 is 11.3 Å². The Morgan fingerprint density at radius 2 is 2.00 bits per heavy atom. The topological polar surface area (TPSA) is 60.5 Å². The van der Waals surface area contributed by atoms with Gasteiger partial charge in [0.15, 0.2) is 11.5 Å². The van der Waals surface area contributed by atoms with Crippen molar-refractivity contribution in [3.05, 3.63) is 35.1 Å². The van der Waals surface area contributed by atoms with Crippen molar-refractivity contribution < 1.29 is 4.74 Å². The quantitative estimate of drug-likeness (QED) is 0.543. The van der Waals surface area contributed by atoms with E-state index in [1.54, 1.807) is 22.2 Å². The summed E-state index contributed by atoms with van der Waals surface area (Å²) in [6, 6.07) is 4.08. The van der Waals surface area contributed by atoms with Crippen LogP contribution in [0.1, 0.15) is 11.3 Å². The highest BCUT2D eigenvalue weighted by Gasteiger charge is 2.19. The van der Waals surface area contributed by atoms with E-state index >= 15 is 0 Å². The Hall–Kier alpha value is -2.29. The van der Waals surface area contributed by atoms with Gasteiger partial charge in [0.2, 0.25) is 0 Å². The van der Waals surface area contributed by atoms with Crippen molar-refractivity contribution in [1.29, 1.82) is 0 Å². The zero-order valence-corrected chi connectivity index (χ0v) is 16.4. The number of morpholine rings is 1. The highest BCUT2D eigenvalue weighted by Crippen LogP contribution is 2.29. The van der Waals surface area contributed by atoms with E-state index in [0.29, 0.717) is 0 Å². The van der Waals surface area contributed by atoms with Crippen LogP contribution in [-0.2, 0) is 11.3 Å². The molecule has 1 aliphatic rings. The average molecular weight is 382 g/mol. The number of nitrogens with zero attached hydrogens (tertiary/aromatic N) is 6. The van der Waals surface area contributed by atoms with Crippen LogP contribution < -0.4 is 0 Å². The number of rotatable bonds is 4. The molecule has 0 unspecified atom stereocenters. The lowest BCUT2D eigenvalue weighted by Gasteiger charge is -2.26. The van der Waals surface area contributed by atoms with Gasteiger partial charge in [0, 0.05) is 31.9 Å². The molecule has 4 aromatic rings. The van der Waals surface area contributed by atoms with Crippen molar-refractivity contribution in [2.75, 3.05) is 32.8 Å². The van der Waals surface area contributed by atoms with Crippen LogP contribution in [-0.4, -0.2) is 61.9 Å². The number of hydrogen-bond donors (Lipinski definition) is 0. The predicted molar refractivity (Wildman–Crippen MR) is 106 cm³/mol. The Labute approximate surface area is 161 Å². The lowest BCUT2D eigenvalue weighted by molar-refractivity contribution is 0.0364. The standard InChI is InChI=1S/C19H22N6OS/c1-13-14(2)24(6-5-23-7-9-26-10-8-23)18-16(13)19-21-17(15-4-3-11-27-15)22-25(19)12-20-18/h3-4,11-12H,5-10H2,1-2H3. The summed E-state index contributed by atoms with van der Waals surface area (Å²) >= 11 is 1.65. The van der Waals surface area contributed by atoms with Crippen LogP contribution in [0.5, 0.6) is 0 Å². The molecule has 0 spiro atoms. The Kier molecular flexibility index (Phi) is 4.18. The Morgan fingerprint density at radius 1 is 1.15 bits per heavy atom. The number of thiophene rings is 1. The summed E-state index contributed by atoms with van der Waals surface area (Å²) < 4.78 is 9.57. The summed E-state index contributed by atoms with van der Waals surface area (Å²) in [6.45, 7) is 9.92. The molecule has 7 nitrogen and oxygen atoms in total. The van der Waals surface area contributed by atoms with Crippen LogP contribution in [0.2, 0.25) is 0 Å². The normalized spacial score (nSPS) is 15.9. The molecular weight excluding hydrogens is 360 g/mol. The smallest absolute Gasteiger partial charge is 0.192 e. The second-order valence-corrected chi connectivity index (χ2v) is 7.89. The maximum absolute atomic E-state index is 5.45. The molecule has 0 saturated carbocycles. The first-order valence-corrected chi connectivity index (χ1v) is 10.1. The third-order valence-corrected chi connectivity index (χ3v) is 6.30. The first-order valence-electron chi connectivity index (χ1n) is 9.27. The third kappa shape index (κ3) is 2.84. The van der Waals surface area contributed by atoms with Gasteiger partial charge >= 0.3 is 0 Å². The molecule has 0 aliphatic carbocycles. The molecule has 1 aliphatic heterocycles. The summed E-state index contributed by atoms with van der Waals surface area (Å²) in [5.41, 5.74) is 4.36. The highest BCUT2D eigenvalue weighted by molar-refractivity contribution is 7.13. The van der Waals surface area contributed by atoms with Crippen LogP contribution in [0.25, 0.3) is 27.4 Å². The fourth-order valence-corrected chi connectivity index (χ4v) is 4.43. The van der Waals surface area contributed by atoms with E-state index in [9.17, 15) is 0 Å². The van der Waals surface area contributed by atoms with Gasteiger partial charge in [-0.2, -0.15) is 0 Å². The monoisotopic (exact) mass is 382 g/mol. The van der Waals surface area contributed by atoms with Gasteiger partial charge in [-0.15, -0.1) is 16.4 Å². The molecule has 0 amide bonds. The Balaban J connectivity index is 1.56. The van der Waals surface area contributed by atoms with Crippen molar-refractivity contribution in [1.82, 2.24) is 29.0 Å². The zero-order valence-electron chi connectivity index (χ0n) is 15.6. The van der Waals surface area contributed by atoms with Crippen LogP contribution in [0, 0.1) is 13.8 Å². The van der Waals surface area contributed by atoms with E-state index in [2.05, 4.69) is 34.5 Å². The SMILES string of the molecule is Cc1c(C)n(CCN2CCOCC2)c2ncn3nc(-c4cccs4)nc3c12. The first kappa shape index (κ1) is 16.9. The van der Waals surface area contributed by atoms with E-state index in [0.717, 1.165) is 66.8 Å². The van der Waals surface area contributed by atoms with Gasteiger partial charge < -0.3 is 9.30 Å². The minimum atomic E-state index is 0.761. The molecule has 1 fully saturated rings. The maximum Gasteiger partial charge on any atom is 0.192 e. The Morgan fingerprint density at radius 3 is 2.78 bits per heavy atom. The summed E-state index contributed by atoms with van der Waals surface area (Å²) in [4.78, 5) is 13.1. The predicted octanol–water partition coefficient (Wildman–Crippen LogP) is 2.76. The molecule has 8 heteroatoms. The summed E-state index contributed by atoms with van der Waals surface area (Å²) in [6.07, 6.45) is 1.78. The molecule has 0 radical (unpaired) electrons. The molecule has 1 saturated heterocycles. The van der Waals surface area contributed by atoms with Crippen molar-refractivity contribution in [3.63, 3.8) is 0 Å². The van der Waals surface area contributed by atoms with Crippen LogP contribution in [0.4, 0.5) is 0 Å². The maximum atomic E-state index is 5.45. The lowest BCUT2D eigenvalue weighted by atomic mass is 10.2. The van der Waals surface area contributed by atoms with Gasteiger partial charge in [-0.25, -0.2) is 14.5 Å². The molecule has 0 N–H and O–H groups in total. The zero-order chi connectivity index (χ0) is 18.4. The molecule has 140 valence electrons. The van der Waals surface area contributed by atoms with Gasteiger partial charge in [0.25, 0.3) is 0 Å². The Bertz CT molecular complexity index is 1090. The average Bonchev–Trinajstić information content (AvgIpc) is 3.41. The largest absolute Gasteiger partial charge is 0.379 e. The molecule has 0 aromatic carbocycles. The van der Waals surface area contributed by atoms with E-state index in [-0.39, 0.29) is 0 Å². The number of hydrogen-bond acceptors (Lipinski definition) is 6. The van der Waals surface area contributed by atoms with Crippen molar-refractivity contribution in [2.45, 2.75) is 20.4 Å². The number of aryl methyl sites for hydroxylation is 1. The molecule has 5 heterocycles. The second kappa shape index (κ2) is 6.70. The van der Waals surface area contributed by atoms with Crippen molar-refractivity contribution >= 4 is 28.0 Å². The molecule has 4 aromatic heterocycles. The summed E-state index contributed by atoms with van der Waals surface area (Å²) in [5.74, 6) is 0.761. The molecule has 27 heavy (non-hydrogen) atoms. The van der Waals surface area contributed by atoms with Gasteiger partial charge in [-0.05, 0) is 30.9 Å². The van der Waals surface area contributed by atoms with Crippen LogP contribution in [0.3, 0.4) is 0 Å². The lowest BCUT2D eigenvalue weighted by Crippen LogP contribution is -2.38. The van der Waals surface area contributed by atoms with Crippen molar-refractivity contribution in [2.24, 2.45) is 0 Å². The second-order valence-electron chi connectivity index (χ2n) is 6.94. The van der Waals surface area contributed by atoms with Gasteiger partial charge in [-0.3, -0.25) is 4.90 Å². The summed E-state index contributed by atoms with van der Waals surface area (Å²) in [7, 11) is 0. The minimum absolute atomic E-state index is 0.761. The fraction of sp³-hybridized carbons (Fsp3) is 0.421. The van der Waals surface area contributed by atoms with E-state index < -0.39 is 0 Å². The van der Waals surface area contributed by atoms with Gasteiger partial charge in [-0.1, -0.05) is 6.07 Å². The molecule has 5 rings (SSSR count). The van der Waals surface area contributed by atoms with Gasteiger partial charge in [0.05, 0.1) is 23.5 Å². The minimum Gasteiger partial charge on any atom is -0.379 e. The number of aromatic nitrogens is 5. The molecule has 0 bridgehead atoms. The third-order valence-electron chi connectivity index (χ3n) is 5.43. The van der Waals surface area contributed by atoms with Gasteiger partial charge in [0.1, 0.15) is 12.0 Å².